The molecule has 4 rings (SSSR count). The van der Waals surface area contributed by atoms with Crippen LogP contribution in [0.1, 0.15) is 47.9 Å². The van der Waals surface area contributed by atoms with E-state index in [9.17, 15) is 32.3 Å². The molecule has 280 valence electrons. The van der Waals surface area contributed by atoms with Crippen molar-refractivity contribution in [3.63, 3.8) is 0 Å². The number of halogens is 3. The van der Waals surface area contributed by atoms with E-state index in [-0.39, 0.29) is 31.5 Å². The number of carbonyl (C=O) groups is 4. The number of rotatable bonds is 13. The Balaban J connectivity index is 0.00000784. The summed E-state index contributed by atoms with van der Waals surface area (Å²) in [6.07, 6.45) is -5.76. The summed E-state index contributed by atoms with van der Waals surface area (Å²) >= 11 is 0. The molecule has 0 heterocycles. The van der Waals surface area contributed by atoms with E-state index in [4.69, 9.17) is 18.9 Å². The lowest BCUT2D eigenvalue weighted by atomic mass is 9.81. The zero-order valence-electron chi connectivity index (χ0n) is 29.8. The second-order valence-electron chi connectivity index (χ2n) is 11.9. The van der Waals surface area contributed by atoms with Crippen molar-refractivity contribution in [2.75, 3.05) is 39.2 Å². The van der Waals surface area contributed by atoms with Gasteiger partial charge in [0, 0.05) is 26.8 Å². The van der Waals surface area contributed by atoms with E-state index in [1.165, 1.54) is 49.3 Å². The number of esters is 2. The van der Waals surface area contributed by atoms with Gasteiger partial charge in [-0.2, -0.15) is 13.2 Å². The van der Waals surface area contributed by atoms with Gasteiger partial charge in [0.2, 0.25) is 5.41 Å². The predicted octanol–water partition coefficient (Wildman–Crippen LogP) is 8.29. The molecule has 1 amide bonds. The van der Waals surface area contributed by atoms with Crippen LogP contribution in [0.15, 0.2) is 97.6 Å². The fourth-order valence-corrected chi connectivity index (χ4v) is 5.42. The summed E-state index contributed by atoms with van der Waals surface area (Å²) in [6.45, 7) is 7.94. The van der Waals surface area contributed by atoms with Crippen LogP contribution >= 0.6 is 0 Å². The molecule has 0 aromatic heterocycles. The number of anilines is 1. The molecule has 0 saturated carbocycles. The fourth-order valence-electron chi connectivity index (χ4n) is 5.42. The summed E-state index contributed by atoms with van der Waals surface area (Å²) in [5, 5.41) is 3.15. The first-order valence-corrected chi connectivity index (χ1v) is 16.5. The number of ether oxygens (including phenoxy) is 4. The number of amides is 1. The second-order valence-corrected chi connectivity index (χ2v) is 11.9. The molecule has 0 unspecified atom stereocenters. The van der Waals surface area contributed by atoms with Gasteiger partial charge in [0.15, 0.2) is 0 Å². The SMILES string of the molecule is C=C(Nc1cc(C)c(OC(=O)OCC(C(=O)OCC)(C(=O)OCC)c2ccccc2)cc1C(=O)N(C)C)c1ccccc1-c1ccc(C(F)(F)F)cc1.[HH]. The lowest BCUT2D eigenvalue weighted by molar-refractivity contribution is -0.167. The van der Waals surface area contributed by atoms with Crippen molar-refractivity contribution < 1.29 is 52.7 Å². The number of nitrogens with one attached hydrogen (secondary N) is 1. The van der Waals surface area contributed by atoms with Gasteiger partial charge in [-0.25, -0.2) is 4.79 Å². The highest BCUT2D eigenvalue weighted by molar-refractivity contribution is 6.07. The van der Waals surface area contributed by atoms with E-state index < -0.39 is 47.8 Å². The zero-order valence-corrected chi connectivity index (χ0v) is 29.8. The van der Waals surface area contributed by atoms with E-state index in [2.05, 4.69) is 11.9 Å². The molecule has 1 N–H and O–H groups in total. The van der Waals surface area contributed by atoms with Gasteiger partial charge >= 0.3 is 24.3 Å². The normalized spacial score (nSPS) is 11.2. The van der Waals surface area contributed by atoms with Crippen molar-refractivity contribution in [1.29, 1.82) is 0 Å². The molecule has 0 fully saturated rings. The summed E-state index contributed by atoms with van der Waals surface area (Å²) < 4.78 is 60.9. The van der Waals surface area contributed by atoms with Gasteiger partial charge in [-0.05, 0) is 67.3 Å². The topological polar surface area (TPSA) is 120 Å². The summed E-state index contributed by atoms with van der Waals surface area (Å²) in [5.41, 5.74) is -0.00870. The molecule has 0 radical (unpaired) electrons. The number of aryl methyl sites for hydroxylation is 1. The van der Waals surface area contributed by atoms with E-state index in [0.717, 1.165) is 12.1 Å². The summed E-state index contributed by atoms with van der Waals surface area (Å²) in [7, 11) is 3.06. The van der Waals surface area contributed by atoms with Crippen LogP contribution in [0, 0.1) is 6.92 Å². The Morgan fingerprint density at radius 1 is 0.774 bits per heavy atom. The van der Waals surface area contributed by atoms with Crippen LogP contribution in [0.2, 0.25) is 0 Å². The third-order valence-corrected chi connectivity index (χ3v) is 8.13. The van der Waals surface area contributed by atoms with Crippen LogP contribution < -0.4 is 10.1 Å². The van der Waals surface area contributed by atoms with Crippen molar-refractivity contribution >= 4 is 35.4 Å². The molecule has 0 aliphatic carbocycles. The largest absolute Gasteiger partial charge is 0.513 e. The smallest absolute Gasteiger partial charge is 0.465 e. The van der Waals surface area contributed by atoms with Gasteiger partial charge in [-0.1, -0.05) is 73.3 Å². The molecular formula is C40H41F3N2O8. The first kappa shape index (κ1) is 39.7. The quantitative estimate of drug-likeness (QED) is 0.0626. The Hall–Kier alpha value is -6.11. The molecule has 0 bridgehead atoms. The first-order valence-electron chi connectivity index (χ1n) is 16.5. The molecule has 10 nitrogen and oxygen atoms in total. The highest BCUT2D eigenvalue weighted by Gasteiger charge is 2.52. The summed E-state index contributed by atoms with van der Waals surface area (Å²) in [4.78, 5) is 54.5. The Labute approximate surface area is 306 Å². The van der Waals surface area contributed by atoms with Gasteiger partial charge in [-0.15, -0.1) is 0 Å². The Bertz CT molecular complexity index is 1970. The number of alkyl halides is 3. The van der Waals surface area contributed by atoms with Gasteiger partial charge in [0.05, 0.1) is 30.0 Å². The van der Waals surface area contributed by atoms with Crippen molar-refractivity contribution in [1.82, 2.24) is 4.90 Å². The third kappa shape index (κ3) is 9.04. The average Bonchev–Trinajstić information content (AvgIpc) is 3.13. The lowest BCUT2D eigenvalue weighted by Crippen LogP contribution is -2.50. The van der Waals surface area contributed by atoms with Crippen molar-refractivity contribution in [3.8, 4) is 16.9 Å². The molecule has 13 heteroatoms. The minimum atomic E-state index is -4.49. The van der Waals surface area contributed by atoms with Gasteiger partial charge in [0.25, 0.3) is 5.91 Å². The van der Waals surface area contributed by atoms with E-state index in [1.807, 2.05) is 0 Å². The van der Waals surface area contributed by atoms with Crippen LogP contribution in [0.5, 0.6) is 5.75 Å². The lowest BCUT2D eigenvalue weighted by Gasteiger charge is -2.29. The number of carbonyl (C=O) groups excluding carboxylic acids is 4. The van der Waals surface area contributed by atoms with Crippen molar-refractivity contribution in [3.05, 3.63) is 125 Å². The van der Waals surface area contributed by atoms with Crippen LogP contribution in [-0.4, -0.2) is 62.8 Å². The molecule has 53 heavy (non-hydrogen) atoms. The first-order chi connectivity index (χ1) is 25.1. The maximum atomic E-state index is 13.4. The molecule has 0 aliphatic heterocycles. The zero-order chi connectivity index (χ0) is 38.9. The number of hydrogen-bond donors (Lipinski definition) is 1. The minimum Gasteiger partial charge on any atom is -0.465 e. The monoisotopic (exact) mass is 734 g/mol. The third-order valence-electron chi connectivity index (χ3n) is 8.13. The van der Waals surface area contributed by atoms with Gasteiger partial charge < -0.3 is 29.2 Å². The van der Waals surface area contributed by atoms with Crippen molar-refractivity contribution in [2.45, 2.75) is 32.4 Å². The molecule has 0 saturated heterocycles. The van der Waals surface area contributed by atoms with E-state index in [0.29, 0.717) is 33.6 Å². The van der Waals surface area contributed by atoms with Crippen LogP contribution in [-0.2, 0) is 35.4 Å². The van der Waals surface area contributed by atoms with Gasteiger partial charge in [-0.3, -0.25) is 14.4 Å². The standard InChI is InChI=1S/C40H39F3N2O8.H2/c1-7-50-36(47)39(37(48)51-8-2,28-14-10-9-11-15-28)24-52-38(49)53-34-23-32(35(46)45(5)6)33(22-25(34)3)44-26(4)30-16-12-13-17-31(30)27-18-20-29(21-19-27)40(41,42)43;/h9-23,44H,4,7-8,24H2,1-3,5-6H3;1H. The fraction of sp³-hybridized carbons (Fsp3) is 0.250. The molecule has 0 aliphatic rings. The van der Waals surface area contributed by atoms with Gasteiger partial charge in [0.1, 0.15) is 12.4 Å². The van der Waals surface area contributed by atoms with Crippen molar-refractivity contribution in [2.24, 2.45) is 0 Å². The number of hydrogen-bond acceptors (Lipinski definition) is 9. The molecular weight excluding hydrogens is 693 g/mol. The molecule has 4 aromatic carbocycles. The van der Waals surface area contributed by atoms with E-state index in [1.54, 1.807) is 69.3 Å². The molecule has 4 aromatic rings. The number of benzene rings is 4. The summed E-state index contributed by atoms with van der Waals surface area (Å²) in [6, 6.07) is 22.5. The predicted molar refractivity (Wildman–Crippen MR) is 194 cm³/mol. The Morgan fingerprint density at radius 3 is 1.92 bits per heavy atom. The minimum absolute atomic E-state index is 0. The maximum absolute atomic E-state index is 13.4. The van der Waals surface area contributed by atoms with Crippen LogP contribution in [0.25, 0.3) is 16.8 Å². The van der Waals surface area contributed by atoms with Crippen LogP contribution in [0.4, 0.5) is 23.7 Å². The van der Waals surface area contributed by atoms with E-state index >= 15 is 0 Å². The van der Waals surface area contributed by atoms with Crippen LogP contribution in [0.3, 0.4) is 0 Å². The number of nitrogens with zero attached hydrogens (tertiary/aromatic N) is 1. The Kier molecular flexibility index (Phi) is 12.7. The highest BCUT2D eigenvalue weighted by atomic mass is 19.4. The summed E-state index contributed by atoms with van der Waals surface area (Å²) in [5.74, 6) is -2.49. The maximum Gasteiger partial charge on any atom is 0.513 e. The second kappa shape index (κ2) is 16.9. The highest BCUT2D eigenvalue weighted by Crippen LogP contribution is 2.36. The molecule has 0 spiro atoms. The average molecular weight is 735 g/mol. The molecule has 0 atom stereocenters. The Morgan fingerprint density at radius 2 is 1.36 bits per heavy atom.